The zero-order valence-electron chi connectivity index (χ0n) is 25.9. The molecule has 0 amide bonds. The Labute approximate surface area is 243 Å². The van der Waals surface area contributed by atoms with E-state index in [-0.39, 0.29) is 23.7 Å². The van der Waals surface area contributed by atoms with E-state index in [2.05, 4.69) is 26.4 Å². The van der Waals surface area contributed by atoms with E-state index in [4.69, 9.17) is 0 Å². The largest absolute Gasteiger partial charge is 0.366 e. The van der Waals surface area contributed by atoms with Crippen LogP contribution in [0, 0.1) is 35.5 Å². The predicted molar refractivity (Wildman–Crippen MR) is 167 cm³/mol. The lowest BCUT2D eigenvalue weighted by Gasteiger charge is -2.29. The van der Waals surface area contributed by atoms with Crippen molar-refractivity contribution in [3.05, 3.63) is 0 Å². The quantitative estimate of drug-likeness (QED) is 0.425. The maximum absolute atomic E-state index is 11.4. The molecule has 228 valence electrons. The van der Waals surface area contributed by atoms with Crippen molar-refractivity contribution in [2.45, 2.75) is 83.1 Å². The van der Waals surface area contributed by atoms with Gasteiger partial charge in [0.25, 0.3) is 11.2 Å². The van der Waals surface area contributed by atoms with Crippen LogP contribution in [0.4, 0.5) is 0 Å². The van der Waals surface area contributed by atoms with Crippen LogP contribution in [-0.4, -0.2) is 67.5 Å². The molecule has 3 aliphatic heterocycles. The predicted octanol–water partition coefficient (Wildman–Crippen LogP) is 4.50. The van der Waals surface area contributed by atoms with Gasteiger partial charge in [-0.1, -0.05) is 83.1 Å². The molecule has 3 rings (SSSR count). The summed E-state index contributed by atoms with van der Waals surface area (Å²) in [6, 6.07) is 0. The molecule has 12 nitrogen and oxygen atoms in total. The van der Waals surface area contributed by atoms with Crippen molar-refractivity contribution in [1.29, 1.82) is 0 Å². The summed E-state index contributed by atoms with van der Waals surface area (Å²) in [6.45, 7) is 23.5. The SMILES string of the molecule is CC(C)C1=NS(=O)(=O)N=C(C(C)C)N1C.CC(C)C1=NS(=O)(=O)N=C1C(C)C.CC(C)C1=NS(=O)N=C1C(C)C. The van der Waals surface area contributed by atoms with Crippen LogP contribution >= 0.6 is 0 Å². The van der Waals surface area contributed by atoms with Crippen molar-refractivity contribution in [2.75, 3.05) is 7.05 Å². The van der Waals surface area contributed by atoms with Crippen LogP contribution in [0.1, 0.15) is 83.1 Å². The second-order valence-corrected chi connectivity index (χ2v) is 14.8. The lowest BCUT2D eigenvalue weighted by molar-refractivity contribution is 0.580. The molecule has 0 fully saturated rings. The molecule has 3 heterocycles. The second-order valence-electron chi connectivity index (χ2n) is 11.4. The third kappa shape index (κ3) is 10.1. The molecule has 0 atom stereocenters. The van der Waals surface area contributed by atoms with Crippen LogP contribution in [0.3, 0.4) is 0 Å². The minimum atomic E-state index is -3.67. The average Bonchev–Trinajstić information content (AvgIpc) is 3.35. The van der Waals surface area contributed by atoms with Gasteiger partial charge in [0.15, 0.2) is 0 Å². The molecule has 0 aromatic heterocycles. The number of nitrogens with zero attached hydrogens (tertiary/aromatic N) is 7. The molecule has 0 saturated heterocycles. The van der Waals surface area contributed by atoms with Gasteiger partial charge in [-0.25, -0.2) is 4.21 Å². The van der Waals surface area contributed by atoms with Crippen LogP contribution in [0.15, 0.2) is 26.4 Å². The highest BCUT2D eigenvalue weighted by atomic mass is 32.2. The Balaban J connectivity index is 0.000000302. The highest BCUT2D eigenvalue weighted by molar-refractivity contribution is 7.89. The van der Waals surface area contributed by atoms with E-state index < -0.39 is 31.6 Å². The van der Waals surface area contributed by atoms with E-state index in [1.54, 1.807) is 11.9 Å². The maximum Gasteiger partial charge on any atom is 0.366 e. The Kier molecular flexibility index (Phi) is 12.7. The van der Waals surface area contributed by atoms with E-state index in [1.165, 1.54) is 0 Å². The zero-order chi connectivity index (χ0) is 31.3. The summed E-state index contributed by atoms with van der Waals surface area (Å²) in [5.41, 5.74) is 3.02. The fourth-order valence-corrected chi connectivity index (χ4v) is 7.04. The van der Waals surface area contributed by atoms with Crippen LogP contribution < -0.4 is 0 Å². The van der Waals surface area contributed by atoms with E-state index in [0.717, 1.165) is 11.4 Å². The van der Waals surface area contributed by atoms with Crippen molar-refractivity contribution in [2.24, 2.45) is 61.9 Å². The molecule has 0 bridgehead atoms. The van der Waals surface area contributed by atoms with E-state index >= 15 is 0 Å². The van der Waals surface area contributed by atoms with E-state index in [9.17, 15) is 21.0 Å². The fraction of sp³-hybridized carbons (Fsp3) is 0.760. The van der Waals surface area contributed by atoms with Crippen molar-refractivity contribution in [1.82, 2.24) is 4.90 Å². The van der Waals surface area contributed by atoms with Gasteiger partial charge >= 0.3 is 20.4 Å². The Bertz CT molecular complexity index is 1280. The Morgan fingerprint density at radius 1 is 0.500 bits per heavy atom. The third-order valence-electron chi connectivity index (χ3n) is 5.63. The molecule has 0 aromatic rings. The van der Waals surface area contributed by atoms with E-state index in [1.807, 2.05) is 83.1 Å². The van der Waals surface area contributed by atoms with Gasteiger partial charge in [0.1, 0.15) is 11.7 Å². The van der Waals surface area contributed by atoms with Gasteiger partial charge in [-0.3, -0.25) is 0 Å². The molecule has 15 heteroatoms. The van der Waals surface area contributed by atoms with Crippen LogP contribution in [-0.2, 0) is 31.6 Å². The Hall–Kier alpha value is -2.13. The smallest absolute Gasteiger partial charge is 0.319 e. The minimum Gasteiger partial charge on any atom is -0.319 e. The summed E-state index contributed by atoms with van der Waals surface area (Å²) >= 11 is -1.35. The lowest BCUT2D eigenvalue weighted by atomic mass is 9.96. The first-order chi connectivity index (χ1) is 18.1. The van der Waals surface area contributed by atoms with Gasteiger partial charge in [0.2, 0.25) is 0 Å². The van der Waals surface area contributed by atoms with Gasteiger partial charge in [0, 0.05) is 18.9 Å². The Morgan fingerprint density at radius 2 is 0.775 bits per heavy atom. The fourth-order valence-electron chi connectivity index (χ4n) is 3.73. The Morgan fingerprint density at radius 3 is 1.02 bits per heavy atom. The van der Waals surface area contributed by atoms with Crippen LogP contribution in [0.25, 0.3) is 0 Å². The number of hydrogen-bond donors (Lipinski definition) is 0. The summed E-state index contributed by atoms with van der Waals surface area (Å²) in [5, 5.41) is 0. The summed E-state index contributed by atoms with van der Waals surface area (Å²) in [4.78, 5) is 1.76. The van der Waals surface area contributed by atoms with Gasteiger partial charge in [0.05, 0.1) is 22.8 Å². The van der Waals surface area contributed by atoms with Crippen molar-refractivity contribution >= 4 is 66.1 Å². The second kappa shape index (κ2) is 14.2. The molecule has 3 aliphatic rings. The number of hydrogen-bond acceptors (Lipinski definition) is 6. The number of amidine groups is 2. The molecule has 0 saturated carbocycles. The van der Waals surface area contributed by atoms with Crippen LogP contribution in [0.2, 0.25) is 0 Å². The topological polar surface area (TPSA) is 163 Å². The first-order valence-electron chi connectivity index (χ1n) is 13.3. The van der Waals surface area contributed by atoms with Crippen molar-refractivity contribution in [3.63, 3.8) is 0 Å². The minimum absolute atomic E-state index is 0.0639. The first kappa shape index (κ1) is 35.9. The highest BCUT2D eigenvalue weighted by Crippen LogP contribution is 2.19. The third-order valence-corrected chi connectivity index (χ3v) is 8.03. The summed E-state index contributed by atoms with van der Waals surface area (Å²) < 4.78 is 78.5. The number of rotatable bonds is 6. The standard InChI is InChI=1S/C9H17N3O2S.C8H14N2O2S.C8H14N2OS/c1-6(2)8-10-15(13,14)11-9(7(3)4)12(8)5;1-5(2)7-8(6(3)4)10-13(11,12)9-7;1-5(2)7-8(6(3)4)10-12(11)9-7/h6-7H,1-5H3;5-6H,1-4H3;5-6H,1-4H3. The molecule has 0 unspecified atom stereocenters. The molecule has 0 aliphatic carbocycles. The molecule has 0 aromatic carbocycles. The first-order valence-corrected chi connectivity index (χ1v) is 17.2. The van der Waals surface area contributed by atoms with Crippen molar-refractivity contribution in [3.8, 4) is 0 Å². The van der Waals surface area contributed by atoms with Crippen LogP contribution in [0.5, 0.6) is 0 Å². The maximum atomic E-state index is 11.4. The summed E-state index contributed by atoms with van der Waals surface area (Å²) in [5.74, 6) is 2.08. The summed E-state index contributed by atoms with van der Waals surface area (Å²) in [7, 11) is -5.43. The molecular formula is C25H45N7O5S3. The molecule has 0 N–H and O–H groups in total. The molecule has 0 spiro atoms. The highest BCUT2D eigenvalue weighted by Gasteiger charge is 2.29. The monoisotopic (exact) mass is 619 g/mol. The molecular weight excluding hydrogens is 575 g/mol. The summed E-state index contributed by atoms with van der Waals surface area (Å²) in [6.07, 6.45) is 0. The van der Waals surface area contributed by atoms with E-state index in [0.29, 0.717) is 34.9 Å². The molecule has 40 heavy (non-hydrogen) atoms. The van der Waals surface area contributed by atoms with Crippen molar-refractivity contribution < 1.29 is 21.0 Å². The molecule has 0 radical (unpaired) electrons. The normalized spacial score (nSPS) is 20.1. The van der Waals surface area contributed by atoms with Gasteiger partial charge in [-0.15, -0.1) is 17.6 Å². The lowest BCUT2D eigenvalue weighted by Crippen LogP contribution is -2.42. The average molecular weight is 620 g/mol. The zero-order valence-corrected chi connectivity index (χ0v) is 28.3. The van der Waals surface area contributed by atoms with Gasteiger partial charge < -0.3 is 4.90 Å². The van der Waals surface area contributed by atoms with Gasteiger partial charge in [-0.05, 0) is 23.7 Å². The van der Waals surface area contributed by atoms with Gasteiger partial charge in [-0.2, -0.15) is 25.6 Å².